The Bertz CT molecular complexity index is 1980. The largest absolute Gasteiger partial charge is 0.309 e. The second kappa shape index (κ2) is 6.62. The Hall–Kier alpha value is -3.88. The van der Waals surface area contributed by atoms with Crippen molar-refractivity contribution < 1.29 is 0 Å². The molecule has 2 heteroatoms. The van der Waals surface area contributed by atoms with E-state index in [4.69, 9.17) is 0 Å². The van der Waals surface area contributed by atoms with Crippen LogP contribution in [0.25, 0.3) is 58.8 Å². The lowest BCUT2D eigenvalue weighted by Crippen LogP contribution is -2.26. The molecule has 0 saturated carbocycles. The predicted molar refractivity (Wildman–Crippen MR) is 151 cm³/mol. The fourth-order valence-electron chi connectivity index (χ4n) is 6.35. The van der Waals surface area contributed by atoms with Gasteiger partial charge in [0.25, 0.3) is 0 Å². The van der Waals surface area contributed by atoms with Crippen molar-refractivity contribution in [1.29, 1.82) is 0 Å². The summed E-state index contributed by atoms with van der Waals surface area (Å²) >= 11 is 1.88. The van der Waals surface area contributed by atoms with E-state index >= 15 is 0 Å². The molecule has 3 heterocycles. The minimum absolute atomic E-state index is 0.0372. The third-order valence-corrected chi connectivity index (χ3v) is 9.13. The van der Waals surface area contributed by atoms with Gasteiger partial charge in [-0.2, -0.15) is 0 Å². The van der Waals surface area contributed by atoms with E-state index in [1.165, 1.54) is 69.9 Å². The maximum absolute atomic E-state index is 2.49. The van der Waals surface area contributed by atoms with Crippen LogP contribution in [-0.2, 0) is 5.41 Å². The van der Waals surface area contributed by atoms with Gasteiger partial charge in [-0.15, -0.1) is 11.3 Å². The van der Waals surface area contributed by atoms with Crippen LogP contribution in [0.15, 0.2) is 103 Å². The number of thiophene rings is 1. The smallest absolute Gasteiger partial charge is 0.0582 e. The van der Waals surface area contributed by atoms with E-state index in [1.807, 2.05) is 11.3 Å². The maximum atomic E-state index is 2.49. The molecule has 0 saturated heterocycles. The standard InChI is InChI=1S/C33H23NS/c1-33(2)25-12-4-5-14-28(25)34-27-18-17-20(19-24(27)22-11-7-13-26(33)32(22)34)21-10-8-16-30-31(21)23-9-3-6-15-29(23)35-30/h3-19H,1-2H3. The van der Waals surface area contributed by atoms with Gasteiger partial charge in [0.2, 0.25) is 0 Å². The molecule has 0 spiro atoms. The van der Waals surface area contributed by atoms with E-state index in [-0.39, 0.29) is 5.41 Å². The Morgan fingerprint density at radius 1 is 0.629 bits per heavy atom. The molecule has 0 aliphatic carbocycles. The molecular weight excluding hydrogens is 442 g/mol. The van der Waals surface area contributed by atoms with Crippen LogP contribution >= 0.6 is 11.3 Å². The Morgan fingerprint density at radius 3 is 2.31 bits per heavy atom. The fraction of sp³-hybridized carbons (Fsp3) is 0.0909. The van der Waals surface area contributed by atoms with Crippen LogP contribution in [0, 0.1) is 0 Å². The van der Waals surface area contributed by atoms with Crippen LogP contribution in [0.2, 0.25) is 0 Å². The Morgan fingerprint density at radius 2 is 1.37 bits per heavy atom. The summed E-state index contributed by atoms with van der Waals surface area (Å²) < 4.78 is 5.19. The van der Waals surface area contributed by atoms with Gasteiger partial charge in [0.1, 0.15) is 0 Å². The third-order valence-electron chi connectivity index (χ3n) is 7.99. The number of nitrogens with zero attached hydrogens (tertiary/aromatic N) is 1. The highest BCUT2D eigenvalue weighted by atomic mass is 32.1. The lowest BCUT2D eigenvalue weighted by Gasteiger charge is -2.34. The van der Waals surface area contributed by atoms with Crippen LogP contribution in [0.1, 0.15) is 25.0 Å². The van der Waals surface area contributed by atoms with E-state index in [1.54, 1.807) is 0 Å². The van der Waals surface area contributed by atoms with Gasteiger partial charge in [0.05, 0.1) is 16.7 Å². The number of benzene rings is 5. The average Bonchev–Trinajstić information content (AvgIpc) is 3.43. The molecule has 1 aliphatic heterocycles. The van der Waals surface area contributed by atoms with Crippen LogP contribution in [0.5, 0.6) is 0 Å². The topological polar surface area (TPSA) is 4.93 Å². The molecule has 0 radical (unpaired) electrons. The SMILES string of the molecule is CC1(C)c2ccccc2-n2c3ccc(-c4cccc5sc6ccccc6c45)cc3c3cccc1c32. The zero-order valence-corrected chi connectivity index (χ0v) is 20.5. The van der Waals surface area contributed by atoms with Crippen molar-refractivity contribution in [2.75, 3.05) is 0 Å². The quantitative estimate of drug-likeness (QED) is 0.227. The molecule has 0 unspecified atom stereocenters. The molecule has 7 aromatic rings. The molecule has 1 aliphatic rings. The number of hydrogen-bond donors (Lipinski definition) is 0. The van der Waals surface area contributed by atoms with E-state index in [0.29, 0.717) is 0 Å². The highest BCUT2D eigenvalue weighted by Crippen LogP contribution is 2.48. The number of para-hydroxylation sites is 2. The molecule has 2 aromatic heterocycles. The summed E-state index contributed by atoms with van der Waals surface area (Å²) in [5.74, 6) is 0. The highest BCUT2D eigenvalue weighted by molar-refractivity contribution is 7.25. The first-order valence-electron chi connectivity index (χ1n) is 12.2. The van der Waals surface area contributed by atoms with Gasteiger partial charge < -0.3 is 4.57 Å². The minimum Gasteiger partial charge on any atom is -0.309 e. The third kappa shape index (κ3) is 2.42. The highest BCUT2D eigenvalue weighted by Gasteiger charge is 2.34. The molecule has 1 nitrogen and oxygen atoms in total. The number of rotatable bonds is 1. The molecule has 5 aromatic carbocycles. The molecule has 166 valence electrons. The lowest BCUT2D eigenvalue weighted by atomic mass is 9.75. The van der Waals surface area contributed by atoms with Gasteiger partial charge in [-0.3, -0.25) is 0 Å². The van der Waals surface area contributed by atoms with Crippen LogP contribution in [0.4, 0.5) is 0 Å². The first-order valence-corrected chi connectivity index (χ1v) is 13.0. The molecule has 0 bridgehead atoms. The summed E-state index contributed by atoms with van der Waals surface area (Å²) in [7, 11) is 0. The van der Waals surface area contributed by atoms with E-state index in [9.17, 15) is 0 Å². The van der Waals surface area contributed by atoms with E-state index in [0.717, 1.165) is 0 Å². The molecule has 0 atom stereocenters. The fourth-order valence-corrected chi connectivity index (χ4v) is 7.48. The number of hydrogen-bond acceptors (Lipinski definition) is 1. The van der Waals surface area contributed by atoms with Crippen LogP contribution < -0.4 is 0 Å². The summed E-state index contributed by atoms with van der Waals surface area (Å²) in [4.78, 5) is 0. The van der Waals surface area contributed by atoms with Crippen molar-refractivity contribution >= 4 is 53.3 Å². The van der Waals surface area contributed by atoms with Gasteiger partial charge >= 0.3 is 0 Å². The zero-order valence-electron chi connectivity index (χ0n) is 19.7. The first kappa shape index (κ1) is 19.4. The predicted octanol–water partition coefficient (Wildman–Crippen LogP) is 9.46. The summed E-state index contributed by atoms with van der Waals surface area (Å²) in [5, 5.41) is 5.38. The van der Waals surface area contributed by atoms with Crippen molar-refractivity contribution in [2.24, 2.45) is 0 Å². The van der Waals surface area contributed by atoms with Gasteiger partial charge in [0.15, 0.2) is 0 Å². The summed E-state index contributed by atoms with van der Waals surface area (Å²) in [6, 6.07) is 38.3. The van der Waals surface area contributed by atoms with Crippen LogP contribution in [-0.4, -0.2) is 4.57 Å². The average molecular weight is 466 g/mol. The number of fused-ring (bicyclic) bond motifs is 8. The normalized spacial score (nSPS) is 14.2. The van der Waals surface area contributed by atoms with Crippen molar-refractivity contribution in [3.8, 4) is 16.8 Å². The first-order chi connectivity index (χ1) is 17.1. The van der Waals surface area contributed by atoms with Crippen molar-refractivity contribution in [2.45, 2.75) is 19.3 Å². The Balaban J connectivity index is 1.49. The van der Waals surface area contributed by atoms with Crippen molar-refractivity contribution in [1.82, 2.24) is 4.57 Å². The summed E-state index contributed by atoms with van der Waals surface area (Å²) in [5.41, 5.74) is 9.27. The lowest BCUT2D eigenvalue weighted by molar-refractivity contribution is 0.630. The molecule has 35 heavy (non-hydrogen) atoms. The van der Waals surface area contributed by atoms with E-state index < -0.39 is 0 Å². The van der Waals surface area contributed by atoms with Crippen molar-refractivity contribution in [3.63, 3.8) is 0 Å². The maximum Gasteiger partial charge on any atom is 0.0582 e. The summed E-state index contributed by atoms with van der Waals surface area (Å²) in [6.45, 7) is 4.71. The summed E-state index contributed by atoms with van der Waals surface area (Å²) in [6.07, 6.45) is 0. The van der Waals surface area contributed by atoms with Gasteiger partial charge in [-0.05, 0) is 52.6 Å². The molecule has 0 N–H and O–H groups in total. The molecule has 0 amide bonds. The van der Waals surface area contributed by atoms with Gasteiger partial charge in [0, 0.05) is 36.4 Å². The van der Waals surface area contributed by atoms with Crippen molar-refractivity contribution in [3.05, 3.63) is 114 Å². The second-order valence-electron chi connectivity index (χ2n) is 10.2. The molecule has 0 fully saturated rings. The van der Waals surface area contributed by atoms with Crippen LogP contribution in [0.3, 0.4) is 0 Å². The second-order valence-corrected chi connectivity index (χ2v) is 11.3. The Labute approximate surface area is 207 Å². The number of aromatic nitrogens is 1. The molecule has 8 rings (SSSR count). The Kier molecular flexibility index (Phi) is 3.67. The van der Waals surface area contributed by atoms with Gasteiger partial charge in [-0.25, -0.2) is 0 Å². The zero-order chi connectivity index (χ0) is 23.3. The minimum atomic E-state index is -0.0372. The monoisotopic (exact) mass is 465 g/mol. The molecular formula is C33H23NS. The van der Waals surface area contributed by atoms with Gasteiger partial charge in [-0.1, -0.05) is 86.6 Å². The van der Waals surface area contributed by atoms with E-state index in [2.05, 4.69) is 122 Å².